The highest BCUT2D eigenvalue weighted by Gasteiger charge is 2.30. The van der Waals surface area contributed by atoms with Gasteiger partial charge in [-0.05, 0) is 37.6 Å². The Morgan fingerprint density at radius 1 is 1.10 bits per heavy atom. The zero-order valence-electron chi connectivity index (χ0n) is 16.9. The average molecular weight is 411 g/mol. The number of hydrogen-bond donors (Lipinski definition) is 0. The van der Waals surface area contributed by atoms with Crippen LogP contribution in [0.1, 0.15) is 28.5 Å². The Kier molecular flexibility index (Phi) is 5.48. The second kappa shape index (κ2) is 8.22. The summed E-state index contributed by atoms with van der Waals surface area (Å²) in [4.78, 5) is 17.0. The molecule has 1 aromatic heterocycles. The van der Waals surface area contributed by atoms with Gasteiger partial charge in [-0.2, -0.15) is 0 Å². The summed E-state index contributed by atoms with van der Waals surface area (Å²) in [6.07, 6.45) is 1.44. The van der Waals surface area contributed by atoms with Crippen molar-refractivity contribution in [2.45, 2.75) is 26.4 Å². The maximum Gasteiger partial charge on any atom is 0.276 e. The van der Waals surface area contributed by atoms with Gasteiger partial charge >= 0.3 is 0 Å². The highest BCUT2D eigenvalue weighted by Crippen LogP contribution is 2.23. The van der Waals surface area contributed by atoms with Crippen LogP contribution in [0.2, 0.25) is 0 Å². The zero-order chi connectivity index (χ0) is 21.3. The van der Waals surface area contributed by atoms with Gasteiger partial charge in [0.15, 0.2) is 5.69 Å². The maximum absolute atomic E-state index is 13.9. The normalized spacial score (nSPS) is 16.7. The Labute approximate surface area is 173 Å². The molecule has 8 heteroatoms. The number of rotatable bonds is 4. The van der Waals surface area contributed by atoms with Crippen molar-refractivity contribution >= 4 is 11.6 Å². The Morgan fingerprint density at radius 3 is 2.53 bits per heavy atom. The third-order valence-corrected chi connectivity index (χ3v) is 5.48. The SMILES string of the molecule is Cc1ccccc1N1CCN(C(=O)c2cn(Cc3c(F)cccc3F)nn2)[C@@H](C)C1. The van der Waals surface area contributed by atoms with Crippen molar-refractivity contribution < 1.29 is 13.6 Å². The summed E-state index contributed by atoms with van der Waals surface area (Å²) >= 11 is 0. The molecule has 1 aliphatic heterocycles. The Balaban J connectivity index is 1.45. The first-order chi connectivity index (χ1) is 14.4. The van der Waals surface area contributed by atoms with Gasteiger partial charge in [0.25, 0.3) is 5.91 Å². The monoisotopic (exact) mass is 411 g/mol. The second-order valence-electron chi connectivity index (χ2n) is 7.58. The number of aromatic nitrogens is 3. The van der Waals surface area contributed by atoms with Crippen LogP contribution in [-0.4, -0.2) is 51.5 Å². The van der Waals surface area contributed by atoms with E-state index in [1.54, 1.807) is 4.90 Å². The van der Waals surface area contributed by atoms with Gasteiger partial charge in [0, 0.05) is 36.9 Å². The lowest BCUT2D eigenvalue weighted by Gasteiger charge is -2.41. The lowest BCUT2D eigenvalue weighted by Crippen LogP contribution is -2.54. The third kappa shape index (κ3) is 3.90. The molecule has 0 saturated carbocycles. The fourth-order valence-electron chi connectivity index (χ4n) is 3.86. The van der Waals surface area contributed by atoms with Crippen LogP contribution in [0.5, 0.6) is 0 Å². The van der Waals surface area contributed by atoms with Crippen molar-refractivity contribution in [1.82, 2.24) is 19.9 Å². The van der Waals surface area contributed by atoms with E-state index in [1.807, 2.05) is 19.1 Å². The summed E-state index contributed by atoms with van der Waals surface area (Å²) < 4.78 is 29.0. The number of piperazine rings is 1. The molecule has 0 bridgehead atoms. The van der Waals surface area contributed by atoms with E-state index in [1.165, 1.54) is 40.3 Å². The van der Waals surface area contributed by atoms with Crippen LogP contribution < -0.4 is 4.90 Å². The molecule has 0 N–H and O–H groups in total. The number of hydrogen-bond acceptors (Lipinski definition) is 4. The number of carbonyl (C=O) groups excluding carboxylic acids is 1. The minimum atomic E-state index is -0.653. The van der Waals surface area contributed by atoms with E-state index in [4.69, 9.17) is 0 Å². The average Bonchev–Trinajstić information content (AvgIpc) is 3.19. The fourth-order valence-corrected chi connectivity index (χ4v) is 3.86. The van der Waals surface area contributed by atoms with Gasteiger partial charge in [-0.1, -0.05) is 29.5 Å². The lowest BCUT2D eigenvalue weighted by molar-refractivity contribution is 0.0668. The fraction of sp³-hybridized carbons (Fsp3) is 0.318. The summed E-state index contributed by atoms with van der Waals surface area (Å²) in [5, 5.41) is 7.82. The first kappa shape index (κ1) is 20.0. The molecule has 2 aromatic carbocycles. The van der Waals surface area contributed by atoms with Gasteiger partial charge in [0.05, 0.1) is 12.7 Å². The number of anilines is 1. The Morgan fingerprint density at radius 2 is 1.83 bits per heavy atom. The molecule has 1 saturated heterocycles. The number of carbonyl (C=O) groups is 1. The molecule has 0 unspecified atom stereocenters. The van der Waals surface area contributed by atoms with E-state index < -0.39 is 11.6 Å². The molecule has 1 atom stereocenters. The summed E-state index contributed by atoms with van der Waals surface area (Å²) in [7, 11) is 0. The largest absolute Gasteiger partial charge is 0.367 e. The number of nitrogens with zero attached hydrogens (tertiary/aromatic N) is 5. The molecule has 1 fully saturated rings. The van der Waals surface area contributed by atoms with Gasteiger partial charge in [0.1, 0.15) is 11.6 Å². The van der Waals surface area contributed by atoms with Crippen LogP contribution in [0.25, 0.3) is 0 Å². The molecular weight excluding hydrogens is 388 g/mol. The number of benzene rings is 2. The first-order valence-electron chi connectivity index (χ1n) is 9.88. The topological polar surface area (TPSA) is 54.3 Å². The minimum absolute atomic E-state index is 0.0139. The predicted octanol–water partition coefficient (Wildman–Crippen LogP) is 3.26. The number of aryl methyl sites for hydroxylation is 1. The standard InChI is InChI=1S/C22H23F2N5O/c1-15-6-3-4-9-21(15)27-10-11-29(16(2)12-27)22(30)20-14-28(26-25-20)13-17-18(23)7-5-8-19(17)24/h3-9,14,16H,10-13H2,1-2H3/t16-/m0/s1. The number of para-hydroxylation sites is 1. The van der Waals surface area contributed by atoms with Crippen LogP contribution in [-0.2, 0) is 6.54 Å². The quantitative estimate of drug-likeness (QED) is 0.661. The van der Waals surface area contributed by atoms with Gasteiger partial charge in [-0.15, -0.1) is 5.10 Å². The predicted molar refractivity (Wildman–Crippen MR) is 109 cm³/mol. The molecule has 3 aromatic rings. The van der Waals surface area contributed by atoms with Crippen molar-refractivity contribution in [1.29, 1.82) is 0 Å². The van der Waals surface area contributed by atoms with Gasteiger partial charge in [0.2, 0.25) is 0 Å². The zero-order valence-corrected chi connectivity index (χ0v) is 16.9. The maximum atomic E-state index is 13.9. The molecule has 1 amide bonds. The number of halogens is 2. The van der Waals surface area contributed by atoms with Crippen molar-refractivity contribution in [3.8, 4) is 0 Å². The molecule has 156 valence electrons. The van der Waals surface area contributed by atoms with Crippen LogP contribution in [0.4, 0.5) is 14.5 Å². The van der Waals surface area contributed by atoms with E-state index in [0.29, 0.717) is 13.1 Å². The van der Waals surface area contributed by atoms with Crippen LogP contribution in [0.3, 0.4) is 0 Å². The van der Waals surface area contributed by atoms with Crippen LogP contribution in [0, 0.1) is 18.6 Å². The molecule has 2 heterocycles. The van der Waals surface area contributed by atoms with Gasteiger partial charge in [-0.25, -0.2) is 13.5 Å². The van der Waals surface area contributed by atoms with Gasteiger partial charge < -0.3 is 9.80 Å². The first-order valence-corrected chi connectivity index (χ1v) is 9.88. The molecule has 0 radical (unpaired) electrons. The lowest BCUT2D eigenvalue weighted by atomic mass is 10.1. The van der Waals surface area contributed by atoms with Crippen LogP contribution in [0.15, 0.2) is 48.7 Å². The molecule has 0 aliphatic carbocycles. The van der Waals surface area contributed by atoms with E-state index in [2.05, 4.69) is 34.3 Å². The molecule has 30 heavy (non-hydrogen) atoms. The smallest absolute Gasteiger partial charge is 0.276 e. The molecule has 6 nitrogen and oxygen atoms in total. The Hall–Kier alpha value is -3.29. The summed E-state index contributed by atoms with van der Waals surface area (Å²) in [6, 6.07) is 11.9. The van der Waals surface area contributed by atoms with E-state index in [0.717, 1.165) is 6.54 Å². The van der Waals surface area contributed by atoms with E-state index in [9.17, 15) is 13.6 Å². The highest BCUT2D eigenvalue weighted by molar-refractivity contribution is 5.92. The summed E-state index contributed by atoms with van der Waals surface area (Å²) in [6.45, 7) is 5.94. The third-order valence-electron chi connectivity index (χ3n) is 5.48. The van der Waals surface area contributed by atoms with Crippen LogP contribution >= 0.6 is 0 Å². The second-order valence-corrected chi connectivity index (χ2v) is 7.58. The minimum Gasteiger partial charge on any atom is -0.367 e. The van der Waals surface area contributed by atoms with Gasteiger partial charge in [-0.3, -0.25) is 4.79 Å². The molecule has 1 aliphatic rings. The number of amides is 1. The summed E-state index contributed by atoms with van der Waals surface area (Å²) in [5.41, 5.74) is 2.44. The summed E-state index contributed by atoms with van der Waals surface area (Å²) in [5.74, 6) is -1.54. The van der Waals surface area contributed by atoms with E-state index >= 15 is 0 Å². The van der Waals surface area contributed by atoms with Crippen molar-refractivity contribution in [2.24, 2.45) is 0 Å². The Bertz CT molecular complexity index is 1050. The van der Waals surface area contributed by atoms with Crippen molar-refractivity contribution in [3.63, 3.8) is 0 Å². The van der Waals surface area contributed by atoms with Crippen molar-refractivity contribution in [3.05, 3.63) is 77.1 Å². The molecular formula is C22H23F2N5O. The van der Waals surface area contributed by atoms with Crippen molar-refractivity contribution in [2.75, 3.05) is 24.5 Å². The molecule has 0 spiro atoms. The highest BCUT2D eigenvalue weighted by atomic mass is 19.1. The molecule has 4 rings (SSSR count). The van der Waals surface area contributed by atoms with E-state index in [-0.39, 0.29) is 29.8 Å².